The number of Topliss-reactive ketones (excluding diaryl/α,β-unsaturated/α-hetero) is 1. The second-order valence-corrected chi connectivity index (χ2v) is 5.07. The largest absolute Gasteiger partial charge is 0.496 e. The van der Waals surface area contributed by atoms with E-state index in [1.165, 1.54) is 0 Å². The minimum absolute atomic E-state index is 0.146. The first-order valence-corrected chi connectivity index (χ1v) is 6.25. The van der Waals surface area contributed by atoms with E-state index in [0.717, 1.165) is 27.5 Å². The molecule has 0 aliphatic carbocycles. The highest BCUT2D eigenvalue weighted by atomic mass is 35.5. The SMILES string of the molecule is COc1cc(C)c(Cl)c(C)c1CN(C)CC(C)=O. The number of aryl methyl sites for hydroxylation is 1. The van der Waals surface area contributed by atoms with E-state index in [9.17, 15) is 4.79 Å². The van der Waals surface area contributed by atoms with Gasteiger partial charge in [0.2, 0.25) is 0 Å². The molecule has 0 radical (unpaired) electrons. The highest BCUT2D eigenvalue weighted by Gasteiger charge is 2.14. The van der Waals surface area contributed by atoms with Crippen molar-refractivity contribution in [2.24, 2.45) is 0 Å². The summed E-state index contributed by atoms with van der Waals surface area (Å²) >= 11 is 6.26. The van der Waals surface area contributed by atoms with Crippen LogP contribution in [0.2, 0.25) is 5.02 Å². The van der Waals surface area contributed by atoms with E-state index >= 15 is 0 Å². The average Bonchev–Trinajstić information content (AvgIpc) is 2.28. The molecule has 0 fully saturated rings. The third-order valence-corrected chi connectivity index (χ3v) is 3.50. The van der Waals surface area contributed by atoms with Gasteiger partial charge in [0.25, 0.3) is 0 Å². The van der Waals surface area contributed by atoms with Gasteiger partial charge in [0.15, 0.2) is 0 Å². The molecule has 0 aliphatic heterocycles. The number of ether oxygens (including phenoxy) is 1. The van der Waals surface area contributed by atoms with Gasteiger partial charge in [0, 0.05) is 17.1 Å². The molecule has 1 aromatic rings. The van der Waals surface area contributed by atoms with Crippen LogP contribution in [0.1, 0.15) is 23.6 Å². The van der Waals surface area contributed by atoms with Crippen LogP contribution in [0, 0.1) is 13.8 Å². The summed E-state index contributed by atoms with van der Waals surface area (Å²) in [6, 6.07) is 1.94. The Kier molecular flexibility index (Phi) is 5.17. The van der Waals surface area contributed by atoms with E-state index in [1.807, 2.05) is 31.9 Å². The standard InChI is InChI=1S/C14H20ClNO2/c1-9-6-13(18-5)12(11(3)14(9)15)8-16(4)7-10(2)17/h6H,7-8H2,1-5H3. The number of nitrogens with zero attached hydrogens (tertiary/aromatic N) is 1. The van der Waals surface area contributed by atoms with Crippen molar-refractivity contribution in [2.75, 3.05) is 20.7 Å². The topological polar surface area (TPSA) is 29.5 Å². The molecule has 0 bridgehead atoms. The lowest BCUT2D eigenvalue weighted by molar-refractivity contribution is -0.117. The van der Waals surface area contributed by atoms with E-state index in [2.05, 4.69) is 0 Å². The lowest BCUT2D eigenvalue weighted by Gasteiger charge is -2.20. The van der Waals surface area contributed by atoms with Gasteiger partial charge in [0.05, 0.1) is 13.7 Å². The maximum Gasteiger partial charge on any atom is 0.143 e. The summed E-state index contributed by atoms with van der Waals surface area (Å²) in [5.41, 5.74) is 3.06. The molecule has 0 heterocycles. The third-order valence-electron chi connectivity index (χ3n) is 2.91. The molecule has 0 saturated carbocycles. The third kappa shape index (κ3) is 3.47. The fourth-order valence-corrected chi connectivity index (χ4v) is 2.21. The number of methoxy groups -OCH3 is 1. The Bertz CT molecular complexity index is 458. The molecule has 0 spiro atoms. The van der Waals surface area contributed by atoms with Crippen molar-refractivity contribution in [3.63, 3.8) is 0 Å². The molecule has 0 N–H and O–H groups in total. The molecule has 100 valence electrons. The molecule has 3 nitrogen and oxygen atoms in total. The summed E-state index contributed by atoms with van der Waals surface area (Å²) in [6.07, 6.45) is 0. The Hall–Kier alpha value is -1.06. The molecule has 0 saturated heterocycles. The molecule has 0 unspecified atom stereocenters. The van der Waals surface area contributed by atoms with E-state index in [-0.39, 0.29) is 5.78 Å². The van der Waals surface area contributed by atoms with Crippen molar-refractivity contribution in [3.05, 3.63) is 27.8 Å². The molecular formula is C14H20ClNO2. The number of carbonyl (C=O) groups is 1. The Balaban J connectivity index is 3.07. The van der Waals surface area contributed by atoms with Crippen LogP contribution in [0.4, 0.5) is 0 Å². The summed E-state index contributed by atoms with van der Waals surface area (Å²) in [5, 5.41) is 0.766. The number of hydrogen-bond acceptors (Lipinski definition) is 3. The number of benzene rings is 1. The number of rotatable bonds is 5. The second kappa shape index (κ2) is 6.21. The Labute approximate surface area is 114 Å². The quantitative estimate of drug-likeness (QED) is 0.823. The van der Waals surface area contributed by atoms with Crippen LogP contribution in [-0.2, 0) is 11.3 Å². The van der Waals surface area contributed by atoms with E-state index in [1.54, 1.807) is 14.0 Å². The summed E-state index contributed by atoms with van der Waals surface area (Å²) in [4.78, 5) is 13.1. The number of hydrogen-bond donors (Lipinski definition) is 0. The maximum atomic E-state index is 11.1. The van der Waals surface area contributed by atoms with Gasteiger partial charge in [0.1, 0.15) is 11.5 Å². The molecular weight excluding hydrogens is 250 g/mol. The summed E-state index contributed by atoms with van der Waals surface area (Å²) < 4.78 is 5.40. The molecule has 0 aliphatic rings. The van der Waals surface area contributed by atoms with Gasteiger partial charge in [-0.1, -0.05) is 11.6 Å². The van der Waals surface area contributed by atoms with Gasteiger partial charge >= 0.3 is 0 Å². The van der Waals surface area contributed by atoms with Gasteiger partial charge < -0.3 is 4.74 Å². The average molecular weight is 270 g/mol. The second-order valence-electron chi connectivity index (χ2n) is 4.69. The van der Waals surface area contributed by atoms with Crippen LogP contribution in [0.5, 0.6) is 5.75 Å². The van der Waals surface area contributed by atoms with E-state index in [4.69, 9.17) is 16.3 Å². The predicted molar refractivity (Wildman–Crippen MR) is 74.5 cm³/mol. The number of carbonyl (C=O) groups excluding carboxylic acids is 1. The predicted octanol–water partition coefficient (Wildman–Crippen LogP) is 2.99. The van der Waals surface area contributed by atoms with Gasteiger partial charge in [-0.05, 0) is 45.0 Å². The van der Waals surface area contributed by atoms with Crippen molar-refractivity contribution in [1.29, 1.82) is 0 Å². The van der Waals surface area contributed by atoms with E-state index < -0.39 is 0 Å². The van der Waals surface area contributed by atoms with Crippen molar-refractivity contribution >= 4 is 17.4 Å². The van der Waals surface area contributed by atoms with Crippen molar-refractivity contribution in [3.8, 4) is 5.75 Å². The minimum Gasteiger partial charge on any atom is -0.496 e. The van der Waals surface area contributed by atoms with Crippen LogP contribution in [0.3, 0.4) is 0 Å². The van der Waals surface area contributed by atoms with Crippen LogP contribution in [0.15, 0.2) is 6.07 Å². The number of ketones is 1. The fraction of sp³-hybridized carbons (Fsp3) is 0.500. The van der Waals surface area contributed by atoms with Gasteiger partial charge in [-0.15, -0.1) is 0 Å². The van der Waals surface area contributed by atoms with Crippen LogP contribution in [-0.4, -0.2) is 31.4 Å². The first-order chi connectivity index (χ1) is 8.36. The van der Waals surface area contributed by atoms with Crippen LogP contribution < -0.4 is 4.74 Å². The fourth-order valence-electron chi connectivity index (χ4n) is 2.04. The molecule has 1 aromatic carbocycles. The zero-order valence-corrected chi connectivity index (χ0v) is 12.4. The molecule has 4 heteroatoms. The number of likely N-dealkylation sites (N-methyl/N-ethyl adjacent to an activating group) is 1. The van der Waals surface area contributed by atoms with Crippen molar-refractivity contribution in [1.82, 2.24) is 4.90 Å². The molecule has 0 atom stereocenters. The molecule has 0 amide bonds. The summed E-state index contributed by atoms with van der Waals surface area (Å²) in [7, 11) is 3.56. The van der Waals surface area contributed by atoms with Gasteiger partial charge in [-0.3, -0.25) is 9.69 Å². The lowest BCUT2D eigenvalue weighted by Crippen LogP contribution is -2.24. The smallest absolute Gasteiger partial charge is 0.143 e. The highest BCUT2D eigenvalue weighted by Crippen LogP contribution is 2.32. The van der Waals surface area contributed by atoms with Crippen molar-refractivity contribution < 1.29 is 9.53 Å². The van der Waals surface area contributed by atoms with Crippen LogP contribution >= 0.6 is 11.6 Å². The van der Waals surface area contributed by atoms with E-state index in [0.29, 0.717) is 13.1 Å². The van der Waals surface area contributed by atoms with Crippen molar-refractivity contribution in [2.45, 2.75) is 27.3 Å². The van der Waals surface area contributed by atoms with Crippen LogP contribution in [0.25, 0.3) is 0 Å². The summed E-state index contributed by atoms with van der Waals surface area (Å²) in [6.45, 7) is 6.60. The first kappa shape index (κ1) is 15.0. The maximum absolute atomic E-state index is 11.1. The monoisotopic (exact) mass is 269 g/mol. The van der Waals surface area contributed by atoms with Gasteiger partial charge in [-0.2, -0.15) is 0 Å². The highest BCUT2D eigenvalue weighted by molar-refractivity contribution is 6.32. The summed E-state index contributed by atoms with van der Waals surface area (Å²) in [5.74, 6) is 0.970. The Morgan fingerprint density at radius 3 is 2.56 bits per heavy atom. The molecule has 0 aromatic heterocycles. The zero-order valence-electron chi connectivity index (χ0n) is 11.6. The normalized spacial score (nSPS) is 10.8. The Morgan fingerprint density at radius 2 is 2.06 bits per heavy atom. The first-order valence-electron chi connectivity index (χ1n) is 5.87. The Morgan fingerprint density at radius 1 is 1.44 bits per heavy atom. The number of halogens is 1. The molecule has 18 heavy (non-hydrogen) atoms. The zero-order chi connectivity index (χ0) is 13.9. The minimum atomic E-state index is 0.146. The molecule has 1 rings (SSSR count). The lowest BCUT2D eigenvalue weighted by atomic mass is 10.0. The van der Waals surface area contributed by atoms with Gasteiger partial charge in [-0.25, -0.2) is 0 Å².